The van der Waals surface area contributed by atoms with E-state index in [0.29, 0.717) is 0 Å². The van der Waals surface area contributed by atoms with Crippen LogP contribution in [0.3, 0.4) is 0 Å². The summed E-state index contributed by atoms with van der Waals surface area (Å²) in [5.74, 6) is -0.491. The third kappa shape index (κ3) is 6.22. The first-order chi connectivity index (χ1) is 15.0. The topological polar surface area (TPSA) is 186 Å². The van der Waals surface area contributed by atoms with Crippen LogP contribution in [0.25, 0.3) is 0 Å². The van der Waals surface area contributed by atoms with Crippen molar-refractivity contribution >= 4 is 13.7 Å². The van der Waals surface area contributed by atoms with Crippen molar-refractivity contribution in [3.8, 4) is 0 Å². The molecule has 2 aromatic rings. The van der Waals surface area contributed by atoms with Gasteiger partial charge in [-0.15, -0.1) is 0 Å². The van der Waals surface area contributed by atoms with Gasteiger partial charge in [0, 0.05) is 18.2 Å². The van der Waals surface area contributed by atoms with E-state index >= 15 is 0 Å². The molecule has 1 saturated heterocycles. The molecule has 1 unspecified atom stereocenters. The second-order valence-electron chi connectivity index (χ2n) is 7.54. The van der Waals surface area contributed by atoms with Crippen molar-refractivity contribution in [2.24, 2.45) is 5.73 Å². The van der Waals surface area contributed by atoms with E-state index in [0.717, 1.165) is 10.1 Å². The van der Waals surface area contributed by atoms with Gasteiger partial charge in [0.1, 0.15) is 12.3 Å². The van der Waals surface area contributed by atoms with Crippen LogP contribution < -0.4 is 22.3 Å². The zero-order chi connectivity index (χ0) is 23.5. The molecule has 1 aliphatic heterocycles. The van der Waals surface area contributed by atoms with Crippen LogP contribution in [0.15, 0.2) is 46.1 Å². The Labute approximate surface area is 182 Å². The van der Waals surface area contributed by atoms with E-state index in [1.165, 1.54) is 13.1 Å². The molecule has 0 saturated carbocycles. The Bertz CT molecular complexity index is 1110. The standard InChI is InChI=1S/C19H25N4O8P/c1-11-9-23(19(26)22-17(11)24)16-8-14(15(31-16)10-30-32(27,28)29)21-18(25)13(20)7-12-5-3-2-4-6-12/h2-6,9,13-16H,7-8,10,20H2,1H3,(H,21,25)(H,22,24,26)(H2,27,28,29)/t13?,14-,15+,16+/m0/s1. The molecule has 1 aromatic heterocycles. The highest BCUT2D eigenvalue weighted by Gasteiger charge is 2.39. The van der Waals surface area contributed by atoms with Crippen molar-refractivity contribution < 1.29 is 28.4 Å². The van der Waals surface area contributed by atoms with Gasteiger partial charge >= 0.3 is 13.5 Å². The first-order valence-electron chi connectivity index (χ1n) is 9.81. The number of carbonyl (C=O) groups is 1. The Morgan fingerprint density at radius 3 is 2.72 bits per heavy atom. The van der Waals surface area contributed by atoms with Crippen LogP contribution in [0, 0.1) is 6.92 Å². The maximum Gasteiger partial charge on any atom is 0.469 e. The Morgan fingerprint density at radius 1 is 1.38 bits per heavy atom. The predicted octanol–water partition coefficient (Wildman–Crippen LogP) is -0.703. The third-order valence-corrected chi connectivity index (χ3v) is 5.55. The lowest BCUT2D eigenvalue weighted by atomic mass is 10.0. The molecule has 13 heteroatoms. The van der Waals surface area contributed by atoms with E-state index < -0.39 is 56.0 Å². The fourth-order valence-corrected chi connectivity index (χ4v) is 3.77. The van der Waals surface area contributed by atoms with Crippen LogP contribution in [0.4, 0.5) is 0 Å². The number of amides is 1. The van der Waals surface area contributed by atoms with Gasteiger partial charge in [-0.1, -0.05) is 30.3 Å². The number of carbonyl (C=O) groups excluding carboxylic acids is 1. The minimum absolute atomic E-state index is 0.0877. The van der Waals surface area contributed by atoms with Crippen molar-refractivity contribution in [1.82, 2.24) is 14.9 Å². The fraction of sp³-hybridized carbons (Fsp3) is 0.421. The highest BCUT2D eigenvalue weighted by Crippen LogP contribution is 2.38. The first-order valence-corrected chi connectivity index (χ1v) is 11.3. The molecule has 1 fully saturated rings. The zero-order valence-corrected chi connectivity index (χ0v) is 18.1. The Balaban J connectivity index is 1.75. The summed E-state index contributed by atoms with van der Waals surface area (Å²) in [6.45, 7) is 0.983. The number of H-pyrrole nitrogens is 1. The molecule has 3 rings (SSSR count). The van der Waals surface area contributed by atoms with Crippen molar-refractivity contribution in [2.75, 3.05) is 6.61 Å². The smallest absolute Gasteiger partial charge is 0.350 e. The van der Waals surface area contributed by atoms with Crippen molar-refractivity contribution in [1.29, 1.82) is 0 Å². The number of rotatable bonds is 8. The molecular weight excluding hydrogens is 443 g/mol. The van der Waals surface area contributed by atoms with Gasteiger partial charge in [0.2, 0.25) is 5.91 Å². The van der Waals surface area contributed by atoms with Crippen molar-refractivity contribution in [2.45, 2.75) is 44.2 Å². The summed E-state index contributed by atoms with van der Waals surface area (Å²) in [7, 11) is -4.79. The molecule has 1 amide bonds. The van der Waals surface area contributed by atoms with Crippen molar-refractivity contribution in [3.63, 3.8) is 0 Å². The van der Waals surface area contributed by atoms with E-state index in [1.807, 2.05) is 30.3 Å². The predicted molar refractivity (Wildman–Crippen MR) is 113 cm³/mol. The van der Waals surface area contributed by atoms with Crippen LogP contribution in [0.1, 0.15) is 23.8 Å². The SMILES string of the molecule is Cc1cn([C@H]2C[C@H](NC(=O)C(N)Cc3ccccc3)[C@@H](COP(=O)(O)O)O2)c(=O)[nH]c1=O. The normalized spacial score (nSPS) is 21.9. The van der Waals surface area contributed by atoms with Gasteiger partial charge in [0.05, 0.1) is 18.7 Å². The minimum Gasteiger partial charge on any atom is -0.350 e. The lowest BCUT2D eigenvalue weighted by molar-refractivity contribution is -0.123. The molecule has 0 aliphatic carbocycles. The van der Waals surface area contributed by atoms with E-state index in [4.69, 9.17) is 20.3 Å². The second kappa shape index (κ2) is 9.90. The Morgan fingerprint density at radius 2 is 2.06 bits per heavy atom. The molecule has 4 atom stereocenters. The molecule has 6 N–H and O–H groups in total. The third-order valence-electron chi connectivity index (χ3n) is 5.06. The van der Waals surface area contributed by atoms with E-state index in [1.54, 1.807) is 0 Å². The molecule has 0 radical (unpaired) electrons. The highest BCUT2D eigenvalue weighted by molar-refractivity contribution is 7.46. The van der Waals surface area contributed by atoms with Crippen LogP contribution in [-0.4, -0.2) is 50.0 Å². The fourth-order valence-electron chi connectivity index (χ4n) is 3.43. The van der Waals surface area contributed by atoms with Crippen LogP contribution in [-0.2, 0) is 25.0 Å². The highest BCUT2D eigenvalue weighted by atomic mass is 31.2. The van der Waals surface area contributed by atoms with Crippen LogP contribution in [0.2, 0.25) is 0 Å². The van der Waals surface area contributed by atoms with E-state index in [9.17, 15) is 18.9 Å². The molecule has 12 nitrogen and oxygen atoms in total. The van der Waals surface area contributed by atoms with Crippen molar-refractivity contribution in [3.05, 3.63) is 68.5 Å². The van der Waals surface area contributed by atoms with Gasteiger partial charge in [-0.25, -0.2) is 9.36 Å². The molecule has 0 bridgehead atoms. The first kappa shape index (κ1) is 24.1. The number of phosphoric ester groups is 1. The van der Waals surface area contributed by atoms with Crippen LogP contribution >= 0.6 is 7.82 Å². The molecule has 1 aliphatic rings. The summed E-state index contributed by atoms with van der Waals surface area (Å²) in [4.78, 5) is 56.7. The van der Waals surface area contributed by atoms with Crippen LogP contribution in [0.5, 0.6) is 0 Å². The Kier molecular flexibility index (Phi) is 7.44. The Hall–Kier alpha value is -2.60. The molecule has 174 valence electrons. The van der Waals surface area contributed by atoms with Gasteiger partial charge in [-0.2, -0.15) is 0 Å². The molecule has 2 heterocycles. The average Bonchev–Trinajstić information content (AvgIpc) is 3.11. The maximum absolute atomic E-state index is 12.7. The quantitative estimate of drug-likeness (QED) is 0.312. The average molecular weight is 468 g/mol. The number of hydrogen-bond donors (Lipinski definition) is 5. The van der Waals surface area contributed by atoms with Gasteiger partial charge < -0.3 is 25.6 Å². The van der Waals surface area contributed by atoms with Gasteiger partial charge in [0.25, 0.3) is 5.56 Å². The van der Waals surface area contributed by atoms with E-state index in [2.05, 4.69) is 14.8 Å². The van der Waals surface area contributed by atoms with Gasteiger partial charge in [0.15, 0.2) is 0 Å². The number of phosphoric acid groups is 1. The summed E-state index contributed by atoms with van der Waals surface area (Å²) in [6.07, 6.45) is -0.187. The summed E-state index contributed by atoms with van der Waals surface area (Å²) >= 11 is 0. The maximum atomic E-state index is 12.7. The largest absolute Gasteiger partial charge is 0.469 e. The minimum atomic E-state index is -4.79. The molecular formula is C19H25N4O8P. The lowest BCUT2D eigenvalue weighted by Crippen LogP contribution is -2.49. The number of aromatic nitrogens is 2. The lowest BCUT2D eigenvalue weighted by Gasteiger charge is -2.21. The monoisotopic (exact) mass is 468 g/mol. The summed E-state index contributed by atoms with van der Waals surface area (Å²) in [5, 5.41) is 2.72. The second-order valence-corrected chi connectivity index (χ2v) is 8.78. The number of nitrogens with zero attached hydrogens (tertiary/aromatic N) is 1. The van der Waals surface area contributed by atoms with E-state index in [-0.39, 0.29) is 18.4 Å². The van der Waals surface area contributed by atoms with Gasteiger partial charge in [-0.05, 0) is 18.9 Å². The number of aromatic amines is 1. The summed E-state index contributed by atoms with van der Waals surface area (Å²) in [6, 6.07) is 7.55. The zero-order valence-electron chi connectivity index (χ0n) is 17.2. The number of nitrogens with one attached hydrogen (secondary N) is 2. The number of aryl methyl sites for hydroxylation is 1. The summed E-state index contributed by atoms with van der Waals surface area (Å²) in [5.41, 5.74) is 5.90. The number of benzene rings is 1. The number of hydrogen-bond acceptors (Lipinski definition) is 7. The summed E-state index contributed by atoms with van der Waals surface area (Å²) < 4.78 is 22.6. The number of ether oxygens (including phenoxy) is 1. The molecule has 32 heavy (non-hydrogen) atoms. The molecule has 0 spiro atoms. The number of nitrogens with two attached hydrogens (primary N) is 1. The molecule has 1 aromatic carbocycles. The van der Waals surface area contributed by atoms with Gasteiger partial charge in [-0.3, -0.25) is 23.7 Å².